The van der Waals surface area contributed by atoms with E-state index in [0.717, 1.165) is 12.5 Å². The number of halogens is 1. The molecule has 0 aliphatic heterocycles. The highest BCUT2D eigenvalue weighted by atomic mass is 19.1. The van der Waals surface area contributed by atoms with Crippen molar-refractivity contribution < 1.29 is 19.1 Å². The number of urea groups is 1. The standard InChI is InChI=1S/C13H17FN2O3/c1-2-3-7-11(12(17)18)16-13(19)15-10-6-4-5-9(14)8-10/h4-6,8,11H,2-3,7H2,1H3,(H,17,18)(H2,15,16,19). The van der Waals surface area contributed by atoms with E-state index in [9.17, 15) is 14.0 Å². The summed E-state index contributed by atoms with van der Waals surface area (Å²) in [5.74, 6) is -1.55. The third kappa shape index (κ3) is 5.37. The minimum Gasteiger partial charge on any atom is -0.480 e. The second kappa shape index (κ2) is 7.35. The Labute approximate surface area is 110 Å². The molecule has 0 aliphatic carbocycles. The topological polar surface area (TPSA) is 78.4 Å². The van der Waals surface area contributed by atoms with Gasteiger partial charge in [0.1, 0.15) is 11.9 Å². The molecule has 0 fully saturated rings. The zero-order valence-corrected chi connectivity index (χ0v) is 10.6. The van der Waals surface area contributed by atoms with Gasteiger partial charge in [-0.25, -0.2) is 14.0 Å². The number of nitrogens with one attached hydrogen (secondary N) is 2. The summed E-state index contributed by atoms with van der Waals surface area (Å²) in [6.45, 7) is 1.94. The average molecular weight is 268 g/mol. The lowest BCUT2D eigenvalue weighted by Crippen LogP contribution is -2.42. The maximum absolute atomic E-state index is 12.9. The maximum atomic E-state index is 12.9. The Morgan fingerprint density at radius 3 is 2.74 bits per heavy atom. The zero-order valence-electron chi connectivity index (χ0n) is 10.6. The first kappa shape index (κ1) is 14.9. The van der Waals surface area contributed by atoms with Gasteiger partial charge in [0.2, 0.25) is 0 Å². The third-order valence-corrected chi connectivity index (χ3v) is 2.53. The van der Waals surface area contributed by atoms with Crippen molar-refractivity contribution in [2.24, 2.45) is 0 Å². The van der Waals surface area contributed by atoms with E-state index in [4.69, 9.17) is 5.11 Å². The van der Waals surface area contributed by atoms with Crippen LogP contribution in [0.1, 0.15) is 26.2 Å². The van der Waals surface area contributed by atoms with Gasteiger partial charge in [-0.3, -0.25) is 0 Å². The van der Waals surface area contributed by atoms with Crippen molar-refractivity contribution in [3.05, 3.63) is 30.1 Å². The fourth-order valence-corrected chi connectivity index (χ4v) is 1.56. The third-order valence-electron chi connectivity index (χ3n) is 2.53. The molecule has 5 nitrogen and oxygen atoms in total. The number of carbonyl (C=O) groups excluding carboxylic acids is 1. The Hall–Kier alpha value is -2.11. The van der Waals surface area contributed by atoms with E-state index < -0.39 is 23.9 Å². The van der Waals surface area contributed by atoms with Gasteiger partial charge in [0.15, 0.2) is 0 Å². The molecule has 0 heterocycles. The van der Waals surface area contributed by atoms with E-state index >= 15 is 0 Å². The van der Waals surface area contributed by atoms with E-state index in [0.29, 0.717) is 12.8 Å². The number of hydrogen-bond acceptors (Lipinski definition) is 2. The number of amides is 2. The predicted octanol–water partition coefficient (Wildman–Crippen LogP) is 2.59. The summed E-state index contributed by atoms with van der Waals surface area (Å²) in [7, 11) is 0. The van der Waals surface area contributed by atoms with Crippen LogP contribution in [0.15, 0.2) is 24.3 Å². The van der Waals surface area contributed by atoms with Gasteiger partial charge in [-0.05, 0) is 24.6 Å². The number of anilines is 1. The quantitative estimate of drug-likeness (QED) is 0.742. The molecule has 0 aromatic heterocycles. The van der Waals surface area contributed by atoms with Crippen molar-refractivity contribution in [1.29, 1.82) is 0 Å². The van der Waals surface area contributed by atoms with Gasteiger partial charge in [0, 0.05) is 5.69 Å². The summed E-state index contributed by atoms with van der Waals surface area (Å²) in [6, 6.07) is 3.79. The van der Waals surface area contributed by atoms with Gasteiger partial charge in [-0.15, -0.1) is 0 Å². The Kier molecular flexibility index (Phi) is 5.78. The number of unbranched alkanes of at least 4 members (excludes halogenated alkanes) is 1. The van der Waals surface area contributed by atoms with E-state index in [-0.39, 0.29) is 5.69 Å². The molecule has 1 atom stereocenters. The van der Waals surface area contributed by atoms with Crippen molar-refractivity contribution in [2.75, 3.05) is 5.32 Å². The first-order valence-corrected chi connectivity index (χ1v) is 6.08. The highest BCUT2D eigenvalue weighted by molar-refractivity contribution is 5.92. The summed E-state index contributed by atoms with van der Waals surface area (Å²) < 4.78 is 12.9. The molecule has 6 heteroatoms. The Balaban J connectivity index is 2.55. The number of benzene rings is 1. The molecule has 1 aromatic rings. The van der Waals surface area contributed by atoms with Crippen LogP contribution in [0.25, 0.3) is 0 Å². The van der Waals surface area contributed by atoms with Gasteiger partial charge < -0.3 is 15.7 Å². The Morgan fingerprint density at radius 1 is 1.42 bits per heavy atom. The van der Waals surface area contributed by atoms with Gasteiger partial charge in [-0.1, -0.05) is 25.8 Å². The molecular formula is C13H17FN2O3. The lowest BCUT2D eigenvalue weighted by atomic mass is 10.1. The fourth-order valence-electron chi connectivity index (χ4n) is 1.56. The highest BCUT2D eigenvalue weighted by Crippen LogP contribution is 2.09. The molecule has 2 amide bonds. The largest absolute Gasteiger partial charge is 0.480 e. The van der Waals surface area contributed by atoms with E-state index in [1.807, 2.05) is 6.92 Å². The Bertz CT molecular complexity index is 451. The minimum atomic E-state index is -1.08. The lowest BCUT2D eigenvalue weighted by molar-refractivity contribution is -0.139. The van der Waals surface area contributed by atoms with Crippen molar-refractivity contribution in [1.82, 2.24) is 5.32 Å². The van der Waals surface area contributed by atoms with E-state index in [1.165, 1.54) is 18.2 Å². The van der Waals surface area contributed by atoms with Crippen molar-refractivity contribution >= 4 is 17.7 Å². The van der Waals surface area contributed by atoms with Gasteiger partial charge >= 0.3 is 12.0 Å². The molecule has 0 saturated carbocycles. The van der Waals surface area contributed by atoms with Crippen molar-refractivity contribution in [2.45, 2.75) is 32.2 Å². The van der Waals surface area contributed by atoms with Crippen LogP contribution in [0.5, 0.6) is 0 Å². The molecule has 0 saturated heterocycles. The number of carboxylic acid groups (broad SMARTS) is 1. The predicted molar refractivity (Wildman–Crippen MR) is 69.5 cm³/mol. The second-order valence-electron chi connectivity index (χ2n) is 4.14. The fraction of sp³-hybridized carbons (Fsp3) is 0.385. The molecule has 19 heavy (non-hydrogen) atoms. The maximum Gasteiger partial charge on any atom is 0.326 e. The van der Waals surface area contributed by atoms with Gasteiger partial charge in [-0.2, -0.15) is 0 Å². The first-order chi connectivity index (χ1) is 9.02. The molecule has 1 unspecified atom stereocenters. The summed E-state index contributed by atoms with van der Waals surface area (Å²) in [5.41, 5.74) is 0.275. The van der Waals surface area contributed by atoms with Crippen LogP contribution in [0.4, 0.5) is 14.9 Å². The molecule has 0 bridgehead atoms. The van der Waals surface area contributed by atoms with Crippen LogP contribution in [0, 0.1) is 5.82 Å². The molecule has 1 rings (SSSR count). The summed E-state index contributed by atoms with van der Waals surface area (Å²) in [5, 5.41) is 13.7. The van der Waals surface area contributed by atoms with Crippen LogP contribution in [-0.4, -0.2) is 23.1 Å². The number of carbonyl (C=O) groups is 2. The highest BCUT2D eigenvalue weighted by Gasteiger charge is 2.19. The van der Waals surface area contributed by atoms with Crippen molar-refractivity contribution in [3.63, 3.8) is 0 Å². The van der Waals surface area contributed by atoms with E-state index in [2.05, 4.69) is 10.6 Å². The first-order valence-electron chi connectivity index (χ1n) is 6.08. The van der Waals surface area contributed by atoms with E-state index in [1.54, 1.807) is 0 Å². The molecular weight excluding hydrogens is 251 g/mol. The number of aliphatic carboxylic acids is 1. The summed E-state index contributed by atoms with van der Waals surface area (Å²) in [6.07, 6.45) is 1.91. The van der Waals surface area contributed by atoms with Gasteiger partial charge in [0.05, 0.1) is 0 Å². The molecule has 1 aromatic carbocycles. The molecule has 0 radical (unpaired) electrons. The van der Waals surface area contributed by atoms with Crippen molar-refractivity contribution in [3.8, 4) is 0 Å². The number of carboxylic acids is 1. The summed E-state index contributed by atoms with van der Waals surface area (Å²) in [4.78, 5) is 22.5. The zero-order chi connectivity index (χ0) is 14.3. The van der Waals surface area contributed by atoms with Crippen LogP contribution in [-0.2, 0) is 4.79 Å². The average Bonchev–Trinajstić information content (AvgIpc) is 2.34. The van der Waals surface area contributed by atoms with Crippen LogP contribution < -0.4 is 10.6 Å². The SMILES string of the molecule is CCCCC(NC(=O)Nc1cccc(F)c1)C(=O)O. The number of rotatable bonds is 6. The normalized spacial score (nSPS) is 11.7. The van der Waals surface area contributed by atoms with Crippen LogP contribution >= 0.6 is 0 Å². The van der Waals surface area contributed by atoms with Crippen LogP contribution in [0.2, 0.25) is 0 Å². The monoisotopic (exact) mass is 268 g/mol. The summed E-state index contributed by atoms with van der Waals surface area (Å²) >= 11 is 0. The number of hydrogen-bond donors (Lipinski definition) is 3. The lowest BCUT2D eigenvalue weighted by Gasteiger charge is -2.14. The van der Waals surface area contributed by atoms with Gasteiger partial charge in [0.25, 0.3) is 0 Å². The van der Waals surface area contributed by atoms with Crippen LogP contribution in [0.3, 0.4) is 0 Å². The Morgan fingerprint density at radius 2 is 2.16 bits per heavy atom. The second-order valence-corrected chi connectivity index (χ2v) is 4.14. The molecule has 104 valence electrons. The molecule has 0 spiro atoms. The molecule has 0 aliphatic rings. The minimum absolute atomic E-state index is 0.275. The molecule has 3 N–H and O–H groups in total. The smallest absolute Gasteiger partial charge is 0.326 e.